The van der Waals surface area contributed by atoms with Crippen molar-refractivity contribution in [3.05, 3.63) is 29.3 Å². The molecule has 1 aliphatic heterocycles. The molecule has 0 aromatic heterocycles. The Morgan fingerprint density at radius 1 is 1.04 bits per heavy atom. The normalized spacial score (nSPS) is 20.2. The minimum Gasteiger partial charge on any atom is -0.413 e. The third-order valence-electron chi connectivity index (χ3n) is 6.25. The van der Waals surface area contributed by atoms with Crippen LogP contribution in [0, 0.1) is 6.92 Å². The Bertz CT molecular complexity index is 616. The van der Waals surface area contributed by atoms with Gasteiger partial charge in [0.15, 0.2) is 8.32 Å². The van der Waals surface area contributed by atoms with Crippen LogP contribution in [0.25, 0.3) is 0 Å². The molecule has 1 aliphatic rings. The molecule has 140 valence electrons. The van der Waals surface area contributed by atoms with Crippen LogP contribution in [0.1, 0.15) is 59.6 Å². The van der Waals surface area contributed by atoms with Gasteiger partial charge in [0.2, 0.25) is 0 Å². The molecule has 1 saturated heterocycles. The molecular formula is C20H35BO3Si. The van der Waals surface area contributed by atoms with Crippen LogP contribution in [0.5, 0.6) is 0 Å². The molecule has 1 aromatic carbocycles. The fourth-order valence-electron chi connectivity index (χ4n) is 2.54. The summed E-state index contributed by atoms with van der Waals surface area (Å²) in [5, 5.41) is 0.227. The van der Waals surface area contributed by atoms with Gasteiger partial charge in [-0.15, -0.1) is 0 Å². The van der Waals surface area contributed by atoms with Crippen LogP contribution in [0.4, 0.5) is 0 Å². The van der Waals surface area contributed by atoms with Gasteiger partial charge in [-0.25, -0.2) is 0 Å². The second-order valence-corrected chi connectivity index (χ2v) is 14.6. The molecule has 0 bridgehead atoms. The van der Waals surface area contributed by atoms with E-state index in [1.54, 1.807) is 0 Å². The number of benzene rings is 1. The van der Waals surface area contributed by atoms with Gasteiger partial charge in [0, 0.05) is 0 Å². The zero-order valence-corrected chi connectivity index (χ0v) is 18.7. The van der Waals surface area contributed by atoms with Crippen molar-refractivity contribution in [2.45, 2.75) is 91.3 Å². The van der Waals surface area contributed by atoms with Gasteiger partial charge < -0.3 is 13.7 Å². The number of hydrogen-bond acceptors (Lipinski definition) is 3. The third kappa shape index (κ3) is 4.21. The highest BCUT2D eigenvalue weighted by atomic mass is 28.4. The molecule has 0 aliphatic carbocycles. The Morgan fingerprint density at radius 3 is 2.00 bits per heavy atom. The fraction of sp³-hybridized carbons (Fsp3) is 0.700. The highest BCUT2D eigenvalue weighted by molar-refractivity contribution is 6.74. The molecule has 1 heterocycles. The predicted octanol–water partition coefficient (Wildman–Crippen LogP) is 4.82. The molecule has 0 saturated carbocycles. The molecule has 2 rings (SSSR count). The van der Waals surface area contributed by atoms with Crippen molar-refractivity contribution in [3.63, 3.8) is 0 Å². The van der Waals surface area contributed by atoms with Crippen molar-refractivity contribution < 1.29 is 13.7 Å². The Hall–Kier alpha value is -0.618. The lowest BCUT2D eigenvalue weighted by atomic mass is 9.76. The second-order valence-electron chi connectivity index (χ2n) is 9.83. The van der Waals surface area contributed by atoms with E-state index in [0.29, 0.717) is 6.61 Å². The molecule has 3 nitrogen and oxygen atoms in total. The minimum atomic E-state index is -1.73. The fourth-order valence-corrected chi connectivity index (χ4v) is 3.50. The molecule has 0 amide bonds. The van der Waals surface area contributed by atoms with E-state index in [1.165, 1.54) is 11.1 Å². The first-order chi connectivity index (χ1) is 11.2. The van der Waals surface area contributed by atoms with E-state index in [1.807, 2.05) is 0 Å². The van der Waals surface area contributed by atoms with Gasteiger partial charge in [0.1, 0.15) is 0 Å². The van der Waals surface area contributed by atoms with Gasteiger partial charge in [-0.1, -0.05) is 44.5 Å². The average molecular weight is 362 g/mol. The summed E-state index contributed by atoms with van der Waals surface area (Å²) in [7, 11) is -2.04. The lowest BCUT2D eigenvalue weighted by molar-refractivity contribution is 0.00578. The molecule has 1 fully saturated rings. The van der Waals surface area contributed by atoms with E-state index in [0.717, 1.165) is 5.46 Å². The van der Waals surface area contributed by atoms with Crippen LogP contribution >= 0.6 is 0 Å². The quantitative estimate of drug-likeness (QED) is 0.719. The molecule has 0 atom stereocenters. The molecule has 0 unspecified atom stereocenters. The second kappa shape index (κ2) is 6.52. The van der Waals surface area contributed by atoms with Crippen LogP contribution in [0.2, 0.25) is 18.1 Å². The van der Waals surface area contributed by atoms with Gasteiger partial charge in [-0.2, -0.15) is 0 Å². The SMILES string of the molecule is Cc1cc(CO[Si](C)(C)C(C)(C)C)ccc1B1OC(C)(C)C(C)(C)O1. The van der Waals surface area contributed by atoms with Crippen molar-refractivity contribution in [2.24, 2.45) is 0 Å². The Morgan fingerprint density at radius 2 is 1.56 bits per heavy atom. The van der Waals surface area contributed by atoms with Crippen molar-refractivity contribution in [1.82, 2.24) is 0 Å². The third-order valence-corrected chi connectivity index (χ3v) is 10.7. The lowest BCUT2D eigenvalue weighted by Crippen LogP contribution is -2.41. The molecule has 1 aromatic rings. The topological polar surface area (TPSA) is 27.7 Å². The van der Waals surface area contributed by atoms with Crippen molar-refractivity contribution >= 4 is 20.9 Å². The molecule has 0 spiro atoms. The van der Waals surface area contributed by atoms with Crippen molar-refractivity contribution in [3.8, 4) is 0 Å². The zero-order valence-electron chi connectivity index (χ0n) is 17.7. The summed E-state index contributed by atoms with van der Waals surface area (Å²) in [4.78, 5) is 0. The molecule has 25 heavy (non-hydrogen) atoms. The first kappa shape index (κ1) is 20.7. The number of hydrogen-bond donors (Lipinski definition) is 0. The minimum absolute atomic E-state index is 0.227. The summed E-state index contributed by atoms with van der Waals surface area (Å²) in [6.45, 7) is 22.5. The van der Waals surface area contributed by atoms with Crippen LogP contribution in [-0.4, -0.2) is 26.6 Å². The Labute approximate surface area is 155 Å². The monoisotopic (exact) mass is 362 g/mol. The summed E-state index contributed by atoms with van der Waals surface area (Å²) in [5.41, 5.74) is 2.88. The van der Waals surface area contributed by atoms with Crippen LogP contribution in [0.15, 0.2) is 18.2 Å². The summed E-state index contributed by atoms with van der Waals surface area (Å²) in [6, 6.07) is 6.47. The van der Waals surface area contributed by atoms with Crippen LogP contribution < -0.4 is 5.46 Å². The van der Waals surface area contributed by atoms with Gasteiger partial charge >= 0.3 is 7.12 Å². The van der Waals surface area contributed by atoms with Gasteiger partial charge in [0.05, 0.1) is 17.8 Å². The maximum atomic E-state index is 6.34. The molecular weight excluding hydrogens is 327 g/mol. The molecule has 5 heteroatoms. The van der Waals surface area contributed by atoms with E-state index in [4.69, 9.17) is 13.7 Å². The predicted molar refractivity (Wildman–Crippen MR) is 109 cm³/mol. The average Bonchev–Trinajstić information content (AvgIpc) is 2.64. The van der Waals surface area contributed by atoms with Gasteiger partial charge in [-0.3, -0.25) is 0 Å². The summed E-state index contributed by atoms with van der Waals surface area (Å²) in [5.74, 6) is 0. The lowest BCUT2D eigenvalue weighted by Gasteiger charge is -2.36. The first-order valence-corrected chi connectivity index (χ1v) is 12.2. The van der Waals surface area contributed by atoms with E-state index in [-0.39, 0.29) is 23.4 Å². The van der Waals surface area contributed by atoms with Crippen molar-refractivity contribution in [1.29, 1.82) is 0 Å². The number of aryl methyl sites for hydroxylation is 1. The van der Waals surface area contributed by atoms with E-state index < -0.39 is 8.32 Å². The molecule has 0 N–H and O–H groups in total. The highest BCUT2D eigenvalue weighted by Gasteiger charge is 2.52. The van der Waals surface area contributed by atoms with Crippen LogP contribution in [0.3, 0.4) is 0 Å². The summed E-state index contributed by atoms with van der Waals surface area (Å²) in [6.07, 6.45) is 0. The number of rotatable bonds is 4. The largest absolute Gasteiger partial charge is 0.495 e. The van der Waals surface area contributed by atoms with E-state index >= 15 is 0 Å². The first-order valence-electron chi connectivity index (χ1n) is 9.25. The summed E-state index contributed by atoms with van der Waals surface area (Å²) >= 11 is 0. The molecule has 0 radical (unpaired) electrons. The Balaban J connectivity index is 2.12. The smallest absolute Gasteiger partial charge is 0.413 e. The maximum absolute atomic E-state index is 6.34. The highest BCUT2D eigenvalue weighted by Crippen LogP contribution is 2.38. The van der Waals surface area contributed by atoms with E-state index in [2.05, 4.69) is 86.7 Å². The van der Waals surface area contributed by atoms with Crippen molar-refractivity contribution in [2.75, 3.05) is 0 Å². The Kier molecular flexibility index (Phi) is 5.40. The van der Waals surface area contributed by atoms with Gasteiger partial charge in [0.25, 0.3) is 0 Å². The zero-order chi connectivity index (χ0) is 19.3. The maximum Gasteiger partial charge on any atom is 0.495 e. The summed E-state index contributed by atoms with van der Waals surface area (Å²) < 4.78 is 18.7. The standard InChI is InChI=1S/C20H35BO3Si/c1-15-13-16(14-22-25(9,10)18(2,3)4)11-12-17(15)21-23-19(5,6)20(7,8)24-21/h11-13H,14H2,1-10H3. The van der Waals surface area contributed by atoms with Gasteiger partial charge in [-0.05, 0) is 63.8 Å². The van der Waals surface area contributed by atoms with E-state index in [9.17, 15) is 0 Å². The van der Waals surface area contributed by atoms with Crippen LogP contribution in [-0.2, 0) is 20.3 Å².